The lowest BCUT2D eigenvalue weighted by Crippen LogP contribution is -2.61. The first-order valence-corrected chi connectivity index (χ1v) is 27.3. The number of benzene rings is 6. The van der Waals surface area contributed by atoms with E-state index in [2.05, 4.69) is 248 Å². The van der Waals surface area contributed by atoms with Gasteiger partial charge in [0.25, 0.3) is 6.71 Å². The highest BCUT2D eigenvalue weighted by Gasteiger charge is 2.49. The predicted molar refractivity (Wildman–Crippen MR) is 308 cm³/mol. The molecule has 0 atom stereocenters. The Morgan fingerprint density at radius 1 is 0.457 bits per heavy atom. The second-order valence-corrected chi connectivity index (χ2v) is 28.7. The van der Waals surface area contributed by atoms with Crippen LogP contribution in [0.3, 0.4) is 0 Å². The fraction of sp³-hybridized carbons (Fsp3) is 0.424. The fourth-order valence-corrected chi connectivity index (χ4v) is 14.1. The summed E-state index contributed by atoms with van der Waals surface area (Å²) in [5.74, 6) is 0. The fourth-order valence-electron chi connectivity index (χ4n) is 12.7. The van der Waals surface area contributed by atoms with Crippen molar-refractivity contribution in [2.75, 3.05) is 9.80 Å². The van der Waals surface area contributed by atoms with Crippen molar-refractivity contribution in [3.63, 3.8) is 0 Å². The number of anilines is 6. The minimum Gasteiger partial charge on any atom is -0.311 e. The van der Waals surface area contributed by atoms with Crippen LogP contribution in [0.5, 0.6) is 0 Å². The molecule has 7 aromatic rings. The molecule has 0 saturated carbocycles. The molecule has 0 N–H and O–H groups in total. The highest BCUT2D eigenvalue weighted by atomic mass is 32.1. The molecule has 0 radical (unpaired) electrons. The number of rotatable bonds is 3. The number of hydrogen-bond donors (Lipinski definition) is 0. The van der Waals surface area contributed by atoms with Crippen LogP contribution in [0, 0.1) is 0 Å². The maximum Gasteiger partial charge on any atom is 0.264 e. The monoisotopic (exact) mass is 941 g/mol. The minimum atomic E-state index is -0.124. The molecule has 1 aromatic heterocycles. The molecule has 2 aliphatic heterocycles. The molecule has 2 nitrogen and oxygen atoms in total. The van der Waals surface area contributed by atoms with E-state index < -0.39 is 0 Å². The zero-order chi connectivity index (χ0) is 50.0. The van der Waals surface area contributed by atoms with Crippen molar-refractivity contribution < 1.29 is 0 Å². The van der Waals surface area contributed by atoms with Gasteiger partial charge in [-0.05, 0) is 174 Å². The summed E-state index contributed by atoms with van der Waals surface area (Å²) in [6, 6.07) is 44.1. The van der Waals surface area contributed by atoms with Crippen LogP contribution in [0.2, 0.25) is 0 Å². The topological polar surface area (TPSA) is 6.48 Å². The van der Waals surface area contributed by atoms with Gasteiger partial charge in [-0.25, -0.2) is 0 Å². The maximum absolute atomic E-state index is 2.73. The largest absolute Gasteiger partial charge is 0.311 e. The third-order valence-electron chi connectivity index (χ3n) is 17.7. The smallest absolute Gasteiger partial charge is 0.264 e. The maximum atomic E-state index is 2.73. The number of fused-ring (bicyclic) bond motifs is 8. The normalized spacial score (nSPS) is 18.5. The Kier molecular flexibility index (Phi) is 10.3. The van der Waals surface area contributed by atoms with Crippen molar-refractivity contribution in [3.8, 4) is 11.1 Å². The number of nitrogens with zero attached hydrogens (tertiary/aromatic N) is 2. The lowest BCUT2D eigenvalue weighted by Gasteiger charge is -2.47. The number of hydrogen-bond acceptors (Lipinski definition) is 3. The molecular formula is C66H77BN2S. The zero-order valence-corrected chi connectivity index (χ0v) is 46.4. The predicted octanol–water partition coefficient (Wildman–Crippen LogP) is 17.2. The van der Waals surface area contributed by atoms with Gasteiger partial charge in [-0.15, -0.1) is 11.3 Å². The highest BCUT2D eigenvalue weighted by molar-refractivity contribution is 7.33. The summed E-state index contributed by atoms with van der Waals surface area (Å²) in [4.78, 5) is 5.45. The van der Waals surface area contributed by atoms with E-state index in [4.69, 9.17) is 0 Å². The Morgan fingerprint density at radius 2 is 0.957 bits per heavy atom. The highest BCUT2D eigenvalue weighted by Crippen LogP contribution is 2.55. The van der Waals surface area contributed by atoms with Gasteiger partial charge in [0.1, 0.15) is 0 Å². The standard InChI is InChI=1S/C66H77BN2S/c1-60(2,3)41-23-26-44(27-24-41)68-54-34-43(62(7,8)9)35-55-57(54)67(59-58(68)46-36-47-50(39-56(46)70-59)66(16,17)32-29-63(47,10)11)51-37-48-49(65(14,15)31-30-64(48,12)13)38-53(51)69(55)52-28-25-42(61(4,5)6)33-45(52)40-21-19-18-20-22-40/h18-28,33-39H,29-32H2,1-17H3. The summed E-state index contributed by atoms with van der Waals surface area (Å²) in [6.07, 6.45) is 4.73. The van der Waals surface area contributed by atoms with E-state index in [0.717, 1.165) is 0 Å². The van der Waals surface area contributed by atoms with E-state index in [1.54, 1.807) is 0 Å². The van der Waals surface area contributed by atoms with Crippen LogP contribution >= 0.6 is 11.3 Å². The summed E-state index contributed by atoms with van der Waals surface area (Å²) >= 11 is 2.07. The van der Waals surface area contributed by atoms with Gasteiger partial charge in [0, 0.05) is 43.2 Å². The molecule has 360 valence electrons. The zero-order valence-electron chi connectivity index (χ0n) is 45.6. The molecule has 6 aromatic carbocycles. The Bertz CT molecular complexity index is 3270. The van der Waals surface area contributed by atoms with Crippen molar-refractivity contribution >= 4 is 78.0 Å². The summed E-state index contributed by atoms with van der Waals surface area (Å²) in [5.41, 5.74) is 23.4. The molecule has 11 rings (SSSR count). The molecule has 4 heteroatoms. The molecule has 0 spiro atoms. The number of thiophene rings is 1. The first-order valence-electron chi connectivity index (χ1n) is 26.5. The van der Waals surface area contributed by atoms with E-state index >= 15 is 0 Å². The van der Waals surface area contributed by atoms with Crippen molar-refractivity contribution in [2.24, 2.45) is 0 Å². The second-order valence-electron chi connectivity index (χ2n) is 27.6. The van der Waals surface area contributed by atoms with E-state index in [-0.39, 0.29) is 44.6 Å². The van der Waals surface area contributed by atoms with Gasteiger partial charge in [0.05, 0.1) is 11.4 Å². The van der Waals surface area contributed by atoms with Gasteiger partial charge in [-0.2, -0.15) is 0 Å². The Hall–Kier alpha value is -5.06. The van der Waals surface area contributed by atoms with Crippen molar-refractivity contribution in [2.45, 2.75) is 181 Å². The molecule has 0 amide bonds. The third kappa shape index (κ3) is 7.30. The molecule has 70 heavy (non-hydrogen) atoms. The molecule has 0 bridgehead atoms. The summed E-state index contributed by atoms with van der Waals surface area (Å²) in [6.45, 7) is 41.2. The molecule has 0 fully saturated rings. The lowest BCUT2D eigenvalue weighted by molar-refractivity contribution is 0.332. The second kappa shape index (κ2) is 15.2. The van der Waals surface area contributed by atoms with Crippen molar-refractivity contribution in [3.05, 3.63) is 148 Å². The van der Waals surface area contributed by atoms with Crippen LogP contribution in [0.25, 0.3) is 21.2 Å². The molecule has 0 saturated heterocycles. The van der Waals surface area contributed by atoms with Crippen LogP contribution in [0.1, 0.15) is 182 Å². The van der Waals surface area contributed by atoms with Gasteiger partial charge in [-0.1, -0.05) is 172 Å². The van der Waals surface area contributed by atoms with Crippen molar-refractivity contribution in [1.82, 2.24) is 0 Å². The minimum absolute atomic E-state index is 0.0166. The first kappa shape index (κ1) is 47.3. The SMILES string of the molecule is CC(C)(C)c1ccc(N2c3cc(C(C)(C)C)cc4c3B(c3cc5c(cc3N4c3ccc(C(C)(C)C)cc3-c3ccccc3)C(C)(C)CCC5(C)C)c3sc4cc5c(cc4c32)C(C)(C)CCC5(C)C)cc1. The van der Waals surface area contributed by atoms with Gasteiger partial charge in [-0.3, -0.25) is 0 Å². The van der Waals surface area contributed by atoms with Crippen LogP contribution in [-0.2, 0) is 37.9 Å². The quantitative estimate of drug-likeness (QED) is 0.163. The van der Waals surface area contributed by atoms with Gasteiger partial charge >= 0.3 is 0 Å². The Balaban J connectivity index is 1.32. The average Bonchev–Trinajstić information content (AvgIpc) is 3.66. The van der Waals surface area contributed by atoms with E-state index in [0.29, 0.717) is 0 Å². The van der Waals surface area contributed by atoms with Crippen LogP contribution in [-0.4, -0.2) is 6.71 Å². The molecule has 0 unspecified atom stereocenters. The molecule has 2 aliphatic carbocycles. The van der Waals surface area contributed by atoms with Crippen LogP contribution < -0.4 is 25.5 Å². The first-order chi connectivity index (χ1) is 32.6. The molecular weight excluding hydrogens is 864 g/mol. The van der Waals surface area contributed by atoms with Crippen LogP contribution in [0.15, 0.2) is 109 Å². The van der Waals surface area contributed by atoms with Gasteiger partial charge in [0.2, 0.25) is 0 Å². The van der Waals surface area contributed by atoms with Gasteiger partial charge in [0.15, 0.2) is 0 Å². The third-order valence-corrected chi connectivity index (χ3v) is 18.9. The van der Waals surface area contributed by atoms with E-state index in [1.165, 1.54) is 136 Å². The van der Waals surface area contributed by atoms with Crippen LogP contribution in [0.4, 0.5) is 34.1 Å². The van der Waals surface area contributed by atoms with Gasteiger partial charge < -0.3 is 9.80 Å². The van der Waals surface area contributed by atoms with E-state index in [1.807, 2.05) is 0 Å². The summed E-state index contributed by atoms with van der Waals surface area (Å²) in [5, 5.41) is 1.39. The Morgan fingerprint density at radius 3 is 1.51 bits per heavy atom. The van der Waals surface area contributed by atoms with Crippen molar-refractivity contribution in [1.29, 1.82) is 0 Å². The molecule has 3 heterocycles. The lowest BCUT2D eigenvalue weighted by atomic mass is 9.35. The summed E-state index contributed by atoms with van der Waals surface area (Å²) < 4.78 is 2.87. The molecule has 4 aliphatic rings. The average molecular weight is 941 g/mol. The Labute approximate surface area is 426 Å². The summed E-state index contributed by atoms with van der Waals surface area (Å²) in [7, 11) is 0. The van der Waals surface area contributed by atoms with E-state index in [9.17, 15) is 0 Å².